The minimum atomic E-state index is -0.967. The number of rotatable bonds is 3. The molecule has 0 unspecified atom stereocenters. The lowest BCUT2D eigenvalue weighted by Crippen LogP contribution is -2.45. The van der Waals surface area contributed by atoms with Gasteiger partial charge in [0, 0.05) is 24.0 Å². The second kappa shape index (κ2) is 8.03. The molecule has 1 aliphatic heterocycles. The molecule has 5 heteroatoms. The van der Waals surface area contributed by atoms with Crippen LogP contribution in [0, 0.1) is 0 Å². The third-order valence-corrected chi connectivity index (χ3v) is 6.78. The molecule has 5 rings (SSSR count). The van der Waals surface area contributed by atoms with Gasteiger partial charge in [0.1, 0.15) is 6.61 Å². The maximum absolute atomic E-state index is 12.8. The molecular formula is C26H24ClNO3. The number of aliphatic hydroxyl groups is 1. The Hall–Kier alpha value is -2.82. The van der Waals surface area contributed by atoms with E-state index in [-0.39, 0.29) is 12.0 Å². The molecular weight excluding hydrogens is 410 g/mol. The Bertz CT molecular complexity index is 1080. The van der Waals surface area contributed by atoms with E-state index in [2.05, 4.69) is 24.3 Å². The molecule has 0 saturated carbocycles. The van der Waals surface area contributed by atoms with Crippen molar-refractivity contribution in [3.63, 3.8) is 0 Å². The lowest BCUT2D eigenvalue weighted by Gasteiger charge is -2.38. The maximum Gasteiger partial charge on any atom is 0.409 e. The predicted molar refractivity (Wildman–Crippen MR) is 121 cm³/mol. The van der Waals surface area contributed by atoms with Crippen molar-refractivity contribution in [3.05, 3.63) is 94.5 Å². The molecule has 3 aromatic carbocycles. The van der Waals surface area contributed by atoms with Crippen LogP contribution in [-0.4, -0.2) is 35.8 Å². The monoisotopic (exact) mass is 433 g/mol. The number of hydrogen-bond acceptors (Lipinski definition) is 3. The van der Waals surface area contributed by atoms with E-state index in [1.54, 1.807) is 17.0 Å². The predicted octanol–water partition coefficient (Wildman–Crippen LogP) is 5.57. The van der Waals surface area contributed by atoms with Gasteiger partial charge in [-0.15, -0.1) is 0 Å². The van der Waals surface area contributed by atoms with E-state index in [0.29, 0.717) is 37.6 Å². The summed E-state index contributed by atoms with van der Waals surface area (Å²) in [6.45, 7) is 1.20. The Morgan fingerprint density at radius 1 is 0.968 bits per heavy atom. The molecule has 1 fully saturated rings. The fourth-order valence-electron chi connectivity index (χ4n) is 4.81. The number of ether oxygens (including phenoxy) is 1. The summed E-state index contributed by atoms with van der Waals surface area (Å²) < 4.78 is 5.76. The minimum absolute atomic E-state index is 0.0459. The van der Waals surface area contributed by atoms with Crippen molar-refractivity contribution in [2.45, 2.75) is 24.4 Å². The highest BCUT2D eigenvalue weighted by Crippen LogP contribution is 2.44. The zero-order valence-corrected chi connectivity index (χ0v) is 17.9. The molecule has 1 saturated heterocycles. The van der Waals surface area contributed by atoms with Gasteiger partial charge in [-0.3, -0.25) is 0 Å². The first-order valence-electron chi connectivity index (χ1n) is 10.6. The molecule has 1 N–H and O–H groups in total. The average Bonchev–Trinajstić information content (AvgIpc) is 3.12. The van der Waals surface area contributed by atoms with Gasteiger partial charge in [-0.1, -0.05) is 72.3 Å². The molecule has 4 nitrogen and oxygen atoms in total. The highest BCUT2D eigenvalue weighted by Gasteiger charge is 2.36. The van der Waals surface area contributed by atoms with E-state index in [9.17, 15) is 9.90 Å². The summed E-state index contributed by atoms with van der Waals surface area (Å²) in [6.07, 6.45) is 0.588. The van der Waals surface area contributed by atoms with Crippen molar-refractivity contribution in [1.82, 2.24) is 4.90 Å². The van der Waals surface area contributed by atoms with Crippen molar-refractivity contribution in [2.24, 2.45) is 0 Å². The van der Waals surface area contributed by atoms with Crippen LogP contribution in [0.1, 0.15) is 35.4 Å². The summed E-state index contributed by atoms with van der Waals surface area (Å²) in [5.41, 5.74) is 4.65. The van der Waals surface area contributed by atoms with Gasteiger partial charge in [0.15, 0.2) is 0 Å². The lowest BCUT2D eigenvalue weighted by molar-refractivity contribution is -0.0249. The number of fused-ring (bicyclic) bond motifs is 3. The number of carbonyl (C=O) groups excluding carboxylic acids is 1. The van der Waals surface area contributed by atoms with Crippen molar-refractivity contribution in [3.8, 4) is 11.1 Å². The first-order chi connectivity index (χ1) is 15.0. The van der Waals surface area contributed by atoms with Gasteiger partial charge in [0.2, 0.25) is 0 Å². The second-order valence-electron chi connectivity index (χ2n) is 8.33. The van der Waals surface area contributed by atoms with Crippen molar-refractivity contribution >= 4 is 17.7 Å². The number of benzene rings is 3. The number of amides is 1. The first kappa shape index (κ1) is 20.1. The summed E-state index contributed by atoms with van der Waals surface area (Å²) in [5.74, 6) is 0.0459. The Morgan fingerprint density at radius 2 is 1.58 bits per heavy atom. The fourth-order valence-corrected chi connectivity index (χ4v) is 5.00. The van der Waals surface area contributed by atoms with Crippen LogP contribution in [-0.2, 0) is 10.3 Å². The summed E-state index contributed by atoms with van der Waals surface area (Å²) in [6, 6.07) is 23.9. The summed E-state index contributed by atoms with van der Waals surface area (Å²) in [4.78, 5) is 14.5. The van der Waals surface area contributed by atoms with Crippen LogP contribution in [0.3, 0.4) is 0 Å². The van der Waals surface area contributed by atoms with Gasteiger partial charge in [0.05, 0.1) is 5.60 Å². The normalized spacial score (nSPS) is 17.2. The van der Waals surface area contributed by atoms with Crippen LogP contribution in [0.2, 0.25) is 5.02 Å². The van der Waals surface area contributed by atoms with Crippen LogP contribution in [0.15, 0.2) is 72.8 Å². The topological polar surface area (TPSA) is 49.8 Å². The van der Waals surface area contributed by atoms with E-state index in [1.807, 2.05) is 36.4 Å². The summed E-state index contributed by atoms with van der Waals surface area (Å²) in [5, 5.41) is 11.7. The number of halogens is 1. The molecule has 0 bridgehead atoms. The van der Waals surface area contributed by atoms with Gasteiger partial charge in [0.25, 0.3) is 0 Å². The Labute approximate surface area is 187 Å². The van der Waals surface area contributed by atoms with E-state index in [0.717, 1.165) is 5.56 Å². The lowest BCUT2D eigenvalue weighted by atomic mass is 9.84. The van der Waals surface area contributed by atoms with Gasteiger partial charge in [-0.25, -0.2) is 4.79 Å². The molecule has 31 heavy (non-hydrogen) atoms. The summed E-state index contributed by atoms with van der Waals surface area (Å²) in [7, 11) is 0. The van der Waals surface area contributed by atoms with Crippen LogP contribution in [0.25, 0.3) is 11.1 Å². The van der Waals surface area contributed by atoms with Crippen molar-refractivity contribution in [1.29, 1.82) is 0 Å². The second-order valence-corrected chi connectivity index (χ2v) is 8.77. The van der Waals surface area contributed by atoms with E-state index in [1.165, 1.54) is 22.3 Å². The van der Waals surface area contributed by atoms with Gasteiger partial charge < -0.3 is 14.7 Å². The number of likely N-dealkylation sites (tertiary alicyclic amines) is 1. The number of carbonyl (C=O) groups is 1. The smallest absolute Gasteiger partial charge is 0.409 e. The maximum atomic E-state index is 12.8. The molecule has 0 spiro atoms. The highest BCUT2D eigenvalue weighted by atomic mass is 35.5. The minimum Gasteiger partial charge on any atom is -0.448 e. The van der Waals surface area contributed by atoms with Crippen molar-refractivity contribution in [2.75, 3.05) is 19.7 Å². The molecule has 3 aromatic rings. The molecule has 158 valence electrons. The van der Waals surface area contributed by atoms with Crippen LogP contribution in [0.5, 0.6) is 0 Å². The number of hydrogen-bond donors (Lipinski definition) is 1. The molecule has 1 amide bonds. The standard InChI is InChI=1S/C26H24ClNO3/c27-19-7-5-6-18(16-19)26(30)12-14-28(15-13-26)25(29)31-17-24-22-10-3-1-8-20(22)21-9-2-4-11-23(21)24/h1-11,16,24,30H,12-15,17H2. The number of nitrogens with zero attached hydrogens (tertiary/aromatic N) is 1. The quantitative estimate of drug-likeness (QED) is 0.587. The van der Waals surface area contributed by atoms with Crippen LogP contribution in [0.4, 0.5) is 4.79 Å². The zero-order valence-electron chi connectivity index (χ0n) is 17.1. The van der Waals surface area contributed by atoms with Crippen LogP contribution < -0.4 is 0 Å². The molecule has 1 heterocycles. The molecule has 2 aliphatic rings. The SMILES string of the molecule is O=C(OCC1c2ccccc2-c2ccccc21)N1CCC(O)(c2cccc(Cl)c2)CC1. The van der Waals surface area contributed by atoms with Gasteiger partial charge >= 0.3 is 6.09 Å². The third-order valence-electron chi connectivity index (χ3n) is 6.55. The molecule has 1 aliphatic carbocycles. The van der Waals surface area contributed by atoms with E-state index in [4.69, 9.17) is 16.3 Å². The largest absolute Gasteiger partial charge is 0.448 e. The Kier molecular flexibility index (Phi) is 5.20. The first-order valence-corrected chi connectivity index (χ1v) is 11.0. The fraction of sp³-hybridized carbons (Fsp3) is 0.269. The Balaban J connectivity index is 1.24. The summed E-state index contributed by atoms with van der Waals surface area (Å²) >= 11 is 6.08. The average molecular weight is 434 g/mol. The van der Waals surface area contributed by atoms with Crippen molar-refractivity contribution < 1.29 is 14.6 Å². The molecule has 0 radical (unpaired) electrons. The zero-order chi connectivity index (χ0) is 21.4. The van der Waals surface area contributed by atoms with Crippen LogP contribution >= 0.6 is 11.6 Å². The molecule has 0 aromatic heterocycles. The van der Waals surface area contributed by atoms with Gasteiger partial charge in [-0.2, -0.15) is 0 Å². The Morgan fingerprint density at radius 3 is 2.19 bits per heavy atom. The number of piperidine rings is 1. The van der Waals surface area contributed by atoms with E-state index >= 15 is 0 Å². The van der Waals surface area contributed by atoms with Gasteiger partial charge in [-0.05, 0) is 52.8 Å². The van der Waals surface area contributed by atoms with E-state index < -0.39 is 5.60 Å². The highest BCUT2D eigenvalue weighted by molar-refractivity contribution is 6.30. The molecule has 0 atom stereocenters. The third kappa shape index (κ3) is 3.71.